The molecule has 3 aromatic rings. The van der Waals surface area contributed by atoms with E-state index in [1.807, 2.05) is 74.5 Å². The van der Waals surface area contributed by atoms with E-state index in [1.165, 1.54) is 16.7 Å². The maximum atomic E-state index is 13.4. The number of hydrogen-bond donors (Lipinski definition) is 0. The molecule has 4 nitrogen and oxygen atoms in total. The Labute approximate surface area is 180 Å². The van der Waals surface area contributed by atoms with Crippen LogP contribution < -0.4 is 0 Å². The van der Waals surface area contributed by atoms with Crippen LogP contribution in [0.1, 0.15) is 27.8 Å². The van der Waals surface area contributed by atoms with E-state index in [9.17, 15) is 9.59 Å². The Hall–Kier alpha value is -3.18. The molecule has 0 fully saturated rings. The fraction of sp³-hybridized carbons (Fsp3) is 0.160. The average Bonchev–Trinajstić information content (AvgIpc) is 3.00. The van der Waals surface area contributed by atoms with E-state index < -0.39 is 0 Å². The molecule has 1 aliphatic heterocycles. The Morgan fingerprint density at radius 1 is 0.867 bits per heavy atom. The van der Waals surface area contributed by atoms with Gasteiger partial charge in [-0.1, -0.05) is 54.6 Å². The normalized spacial score (nSPS) is 14.0. The van der Waals surface area contributed by atoms with Crippen LogP contribution in [-0.4, -0.2) is 21.7 Å². The summed E-state index contributed by atoms with van der Waals surface area (Å²) in [5, 5.41) is 0. The second-order valence-corrected chi connectivity index (χ2v) is 8.32. The molecule has 1 aliphatic rings. The minimum Gasteiger partial charge on any atom is -0.269 e. The molecule has 5 heteroatoms. The summed E-state index contributed by atoms with van der Waals surface area (Å²) in [6, 6.07) is 19.6. The molecule has 4 rings (SSSR count). The first-order chi connectivity index (χ1) is 14.5. The Balaban J connectivity index is 1.70. The van der Waals surface area contributed by atoms with Crippen molar-refractivity contribution < 1.29 is 9.59 Å². The van der Waals surface area contributed by atoms with Crippen LogP contribution in [0.3, 0.4) is 0 Å². The van der Waals surface area contributed by atoms with Crippen molar-refractivity contribution in [2.24, 2.45) is 0 Å². The average molecular weight is 415 g/mol. The van der Waals surface area contributed by atoms with Gasteiger partial charge in [0.05, 0.1) is 17.0 Å². The first-order valence-electron chi connectivity index (χ1n) is 9.78. The summed E-state index contributed by atoms with van der Waals surface area (Å²) < 4.78 is 0. The van der Waals surface area contributed by atoms with Crippen molar-refractivity contribution in [2.75, 3.05) is 0 Å². The van der Waals surface area contributed by atoms with E-state index in [0.29, 0.717) is 16.2 Å². The van der Waals surface area contributed by atoms with Crippen LogP contribution in [0.15, 0.2) is 78.0 Å². The predicted octanol–water partition coefficient (Wildman–Crippen LogP) is 4.91. The zero-order chi connectivity index (χ0) is 21.1. The minimum atomic E-state index is -0.248. The van der Waals surface area contributed by atoms with Crippen molar-refractivity contribution in [1.29, 1.82) is 0 Å². The van der Waals surface area contributed by atoms with Crippen LogP contribution in [0, 0.1) is 13.8 Å². The molecule has 0 saturated carbocycles. The fourth-order valence-corrected chi connectivity index (χ4v) is 4.47. The molecule has 0 atom stereocenters. The van der Waals surface area contributed by atoms with Crippen molar-refractivity contribution in [3.05, 3.63) is 106 Å². The van der Waals surface area contributed by atoms with Crippen LogP contribution in [0.5, 0.6) is 0 Å². The summed E-state index contributed by atoms with van der Waals surface area (Å²) in [7, 11) is 0. The molecule has 0 radical (unpaired) electrons. The van der Waals surface area contributed by atoms with Crippen molar-refractivity contribution in [3.8, 4) is 0 Å². The number of thioether (sulfide) groups is 1. The number of amides is 2. The highest BCUT2D eigenvalue weighted by atomic mass is 32.2. The van der Waals surface area contributed by atoms with Crippen LogP contribution in [0.2, 0.25) is 0 Å². The first kappa shape index (κ1) is 20.1. The number of carbonyl (C=O) groups excluding carboxylic acids is 2. The maximum absolute atomic E-state index is 13.4. The van der Waals surface area contributed by atoms with Gasteiger partial charge in [-0.15, -0.1) is 11.8 Å². The van der Waals surface area contributed by atoms with E-state index >= 15 is 0 Å². The monoisotopic (exact) mass is 414 g/mol. The lowest BCUT2D eigenvalue weighted by atomic mass is 10.0. The standard InChI is InChI=1S/C25H22N2O2S/c1-17-10-11-21(13-18(17)2)22-23(30-16-19-7-4-3-5-8-19)25(29)27(24(22)28)15-20-9-6-12-26-14-20/h3-14H,15-16H2,1-2H3. The molecular formula is C25H22N2O2S. The summed E-state index contributed by atoms with van der Waals surface area (Å²) in [6.45, 7) is 4.27. The number of aryl methyl sites for hydroxylation is 2. The second-order valence-electron chi connectivity index (χ2n) is 7.34. The van der Waals surface area contributed by atoms with Gasteiger partial charge in [-0.3, -0.25) is 19.5 Å². The molecule has 1 aromatic heterocycles. The summed E-state index contributed by atoms with van der Waals surface area (Å²) in [6.07, 6.45) is 3.36. The summed E-state index contributed by atoms with van der Waals surface area (Å²) >= 11 is 1.43. The third-order valence-corrected chi connectivity index (χ3v) is 6.36. The molecule has 0 unspecified atom stereocenters. The molecule has 2 aromatic carbocycles. The highest BCUT2D eigenvalue weighted by Crippen LogP contribution is 2.38. The van der Waals surface area contributed by atoms with Crippen molar-refractivity contribution in [1.82, 2.24) is 9.88 Å². The van der Waals surface area contributed by atoms with Gasteiger partial charge in [0.1, 0.15) is 0 Å². The maximum Gasteiger partial charge on any atom is 0.268 e. The SMILES string of the molecule is Cc1ccc(C2=C(SCc3ccccc3)C(=O)N(Cc3cccnc3)C2=O)cc1C. The minimum absolute atomic E-state index is 0.218. The van der Waals surface area contributed by atoms with Gasteiger partial charge in [-0.2, -0.15) is 0 Å². The molecule has 2 heterocycles. The smallest absolute Gasteiger partial charge is 0.268 e. The molecule has 0 spiro atoms. The lowest BCUT2D eigenvalue weighted by molar-refractivity contribution is -0.137. The van der Waals surface area contributed by atoms with E-state index in [2.05, 4.69) is 4.98 Å². The molecule has 150 valence electrons. The first-order valence-corrected chi connectivity index (χ1v) is 10.8. The Bertz CT molecular complexity index is 1120. The summed E-state index contributed by atoms with van der Waals surface area (Å²) in [5.41, 5.74) is 5.47. The van der Waals surface area contributed by atoms with E-state index in [0.717, 1.165) is 27.8 Å². The number of imide groups is 1. The zero-order valence-corrected chi connectivity index (χ0v) is 17.8. The predicted molar refractivity (Wildman–Crippen MR) is 120 cm³/mol. The molecule has 0 saturated heterocycles. The largest absolute Gasteiger partial charge is 0.269 e. The molecule has 2 amide bonds. The van der Waals surface area contributed by atoms with Gasteiger partial charge >= 0.3 is 0 Å². The fourth-order valence-electron chi connectivity index (χ4n) is 3.39. The van der Waals surface area contributed by atoms with Crippen molar-refractivity contribution in [3.63, 3.8) is 0 Å². The number of benzene rings is 2. The van der Waals surface area contributed by atoms with E-state index in [1.54, 1.807) is 12.4 Å². The van der Waals surface area contributed by atoms with Crippen molar-refractivity contribution >= 4 is 29.1 Å². The van der Waals surface area contributed by atoms with Gasteiger partial charge < -0.3 is 0 Å². The topological polar surface area (TPSA) is 50.3 Å². The van der Waals surface area contributed by atoms with Crippen molar-refractivity contribution in [2.45, 2.75) is 26.1 Å². The number of rotatable bonds is 6. The quantitative estimate of drug-likeness (QED) is 0.538. The van der Waals surface area contributed by atoms with Gasteiger partial charge in [0.25, 0.3) is 11.8 Å². The molecular weight excluding hydrogens is 392 g/mol. The second kappa shape index (κ2) is 8.67. The van der Waals surface area contributed by atoms with Gasteiger partial charge in [-0.05, 0) is 47.7 Å². The molecule has 0 aliphatic carbocycles. The highest BCUT2D eigenvalue weighted by molar-refractivity contribution is 8.03. The van der Waals surface area contributed by atoms with Gasteiger partial charge in [-0.25, -0.2) is 0 Å². The van der Waals surface area contributed by atoms with Crippen LogP contribution >= 0.6 is 11.8 Å². The Morgan fingerprint density at radius 3 is 2.33 bits per heavy atom. The van der Waals surface area contributed by atoms with E-state index in [4.69, 9.17) is 0 Å². The Morgan fingerprint density at radius 2 is 1.63 bits per heavy atom. The number of aromatic nitrogens is 1. The number of nitrogens with zero attached hydrogens (tertiary/aromatic N) is 2. The van der Waals surface area contributed by atoms with Gasteiger partial charge in [0.15, 0.2) is 0 Å². The zero-order valence-electron chi connectivity index (χ0n) is 17.0. The number of hydrogen-bond acceptors (Lipinski definition) is 4. The Kier molecular flexibility index (Phi) is 5.81. The number of pyridine rings is 1. The highest BCUT2D eigenvalue weighted by Gasteiger charge is 2.39. The summed E-state index contributed by atoms with van der Waals surface area (Å²) in [4.78, 5) is 32.6. The molecule has 0 N–H and O–H groups in total. The lowest BCUT2D eigenvalue weighted by Crippen LogP contribution is -2.31. The molecule has 30 heavy (non-hydrogen) atoms. The van der Waals surface area contributed by atoms with Crippen LogP contribution in [0.4, 0.5) is 0 Å². The molecule has 0 bridgehead atoms. The third-order valence-electron chi connectivity index (χ3n) is 5.21. The van der Waals surface area contributed by atoms with Crippen LogP contribution in [0.25, 0.3) is 5.57 Å². The van der Waals surface area contributed by atoms with E-state index in [-0.39, 0.29) is 18.4 Å². The number of carbonyl (C=O) groups is 2. The van der Waals surface area contributed by atoms with Crippen LogP contribution in [-0.2, 0) is 21.9 Å². The lowest BCUT2D eigenvalue weighted by Gasteiger charge is -2.15. The third kappa shape index (κ3) is 4.07. The van der Waals surface area contributed by atoms with Gasteiger partial charge in [0, 0.05) is 18.1 Å². The summed E-state index contributed by atoms with van der Waals surface area (Å²) in [5.74, 6) is 0.144. The van der Waals surface area contributed by atoms with Gasteiger partial charge in [0.2, 0.25) is 0 Å².